The van der Waals surface area contributed by atoms with Gasteiger partial charge in [-0.1, -0.05) is 31.2 Å². The van der Waals surface area contributed by atoms with E-state index < -0.39 is 0 Å². The van der Waals surface area contributed by atoms with E-state index in [2.05, 4.69) is 22.5 Å². The van der Waals surface area contributed by atoms with E-state index in [0.717, 1.165) is 43.2 Å². The monoisotopic (exact) mass is 568 g/mol. The first kappa shape index (κ1) is 27.7. The lowest BCUT2D eigenvalue weighted by Gasteiger charge is -2.34. The summed E-state index contributed by atoms with van der Waals surface area (Å²) in [5.74, 6) is 2.58. The number of hydrogen-bond acceptors (Lipinski definition) is 6. The maximum Gasteiger partial charge on any atom is 0.289 e. The highest BCUT2D eigenvalue weighted by Gasteiger charge is 2.25. The molecule has 0 N–H and O–H groups in total. The molecule has 0 aliphatic carbocycles. The van der Waals surface area contributed by atoms with Gasteiger partial charge in [0.25, 0.3) is 11.8 Å². The number of ether oxygens (including phenoxy) is 2. The van der Waals surface area contributed by atoms with Crippen molar-refractivity contribution in [2.45, 2.75) is 33.0 Å². The highest BCUT2D eigenvalue weighted by Crippen LogP contribution is 2.33. The molecule has 4 aromatic rings. The van der Waals surface area contributed by atoms with Gasteiger partial charge in [0.1, 0.15) is 5.76 Å². The number of piperazine rings is 1. The van der Waals surface area contributed by atoms with E-state index in [-0.39, 0.29) is 18.6 Å². The Hall–Kier alpha value is -4.50. The summed E-state index contributed by atoms with van der Waals surface area (Å²) >= 11 is 0. The Morgan fingerprint density at radius 2 is 1.67 bits per heavy atom. The minimum atomic E-state index is -0.0840. The van der Waals surface area contributed by atoms with Crippen LogP contribution < -0.4 is 9.47 Å². The average molecular weight is 569 g/mol. The molecule has 0 saturated carbocycles. The van der Waals surface area contributed by atoms with Crippen molar-refractivity contribution < 1.29 is 23.5 Å². The van der Waals surface area contributed by atoms with Crippen LogP contribution in [-0.2, 0) is 19.6 Å². The predicted molar refractivity (Wildman–Crippen MR) is 157 cm³/mol. The maximum absolute atomic E-state index is 13.2. The zero-order valence-corrected chi connectivity index (χ0v) is 23.9. The molecule has 2 aromatic carbocycles. The largest absolute Gasteiger partial charge is 0.454 e. The summed E-state index contributed by atoms with van der Waals surface area (Å²) in [6, 6.07) is 23.1. The standard InChI is InChI=1S/C33H36N4O5/c1-2-14-37(32(38)26-7-4-3-5-8-26)22-27-9-6-15-36(27)23-28-11-13-30(42-28)33(39)35-18-16-34(17-19-35)21-25-10-12-29-31(20-25)41-24-40-29/h3-13,15,20H,2,14,16-19,21-24H2,1H3. The lowest BCUT2D eigenvalue weighted by molar-refractivity contribution is 0.0595. The minimum Gasteiger partial charge on any atom is -0.454 e. The molecule has 0 spiro atoms. The van der Waals surface area contributed by atoms with Crippen LogP contribution in [0.3, 0.4) is 0 Å². The molecule has 2 aromatic heterocycles. The van der Waals surface area contributed by atoms with E-state index in [1.54, 1.807) is 6.07 Å². The van der Waals surface area contributed by atoms with Gasteiger partial charge in [-0.3, -0.25) is 14.5 Å². The minimum absolute atomic E-state index is 0.0204. The maximum atomic E-state index is 13.2. The van der Waals surface area contributed by atoms with Crippen LogP contribution in [0.2, 0.25) is 0 Å². The topological polar surface area (TPSA) is 80.4 Å². The SMILES string of the molecule is CCCN(Cc1cccn1Cc1ccc(C(=O)N2CCN(Cc3ccc4c(c3)OCO4)CC2)o1)C(=O)c1ccccc1. The molecule has 2 amide bonds. The smallest absolute Gasteiger partial charge is 0.289 e. The number of carbonyl (C=O) groups excluding carboxylic acids is 2. The first-order valence-corrected chi connectivity index (χ1v) is 14.5. The van der Waals surface area contributed by atoms with Gasteiger partial charge in [0.2, 0.25) is 6.79 Å². The Morgan fingerprint density at radius 3 is 2.48 bits per heavy atom. The van der Waals surface area contributed by atoms with Crippen molar-refractivity contribution in [1.29, 1.82) is 0 Å². The third-order valence-corrected chi connectivity index (χ3v) is 7.78. The Morgan fingerprint density at radius 1 is 0.857 bits per heavy atom. The molecule has 2 aliphatic heterocycles. The lowest BCUT2D eigenvalue weighted by Crippen LogP contribution is -2.48. The highest BCUT2D eigenvalue weighted by molar-refractivity contribution is 5.94. The molecule has 1 saturated heterocycles. The fraction of sp³-hybridized carbons (Fsp3) is 0.333. The van der Waals surface area contributed by atoms with Crippen LogP contribution in [0.15, 0.2) is 83.4 Å². The van der Waals surface area contributed by atoms with E-state index in [1.165, 1.54) is 5.56 Å². The number of furan rings is 1. The van der Waals surface area contributed by atoms with Crippen molar-refractivity contribution in [2.75, 3.05) is 39.5 Å². The predicted octanol–water partition coefficient (Wildman–Crippen LogP) is 4.87. The first-order valence-electron chi connectivity index (χ1n) is 14.5. The van der Waals surface area contributed by atoms with Crippen molar-refractivity contribution in [3.63, 3.8) is 0 Å². The summed E-state index contributed by atoms with van der Waals surface area (Å²) in [5.41, 5.74) is 2.86. The highest BCUT2D eigenvalue weighted by atomic mass is 16.7. The molecule has 218 valence electrons. The van der Waals surface area contributed by atoms with E-state index in [1.807, 2.05) is 76.7 Å². The molecule has 4 heterocycles. The first-order chi connectivity index (χ1) is 20.6. The van der Waals surface area contributed by atoms with E-state index in [9.17, 15) is 9.59 Å². The summed E-state index contributed by atoms with van der Waals surface area (Å²) in [4.78, 5) is 32.5. The number of benzene rings is 2. The molecule has 0 atom stereocenters. The van der Waals surface area contributed by atoms with Gasteiger partial charge in [-0.05, 0) is 60.5 Å². The molecule has 2 aliphatic rings. The fourth-order valence-electron chi connectivity index (χ4n) is 5.54. The Bertz CT molecular complexity index is 1520. The number of nitrogens with zero attached hydrogens (tertiary/aromatic N) is 4. The van der Waals surface area contributed by atoms with E-state index >= 15 is 0 Å². The molecule has 6 rings (SSSR count). The second-order valence-electron chi connectivity index (χ2n) is 10.7. The molecule has 0 bridgehead atoms. The van der Waals surface area contributed by atoms with Gasteiger partial charge in [-0.15, -0.1) is 0 Å². The third-order valence-electron chi connectivity index (χ3n) is 7.78. The van der Waals surface area contributed by atoms with Crippen LogP contribution in [0.4, 0.5) is 0 Å². The van der Waals surface area contributed by atoms with Crippen molar-refractivity contribution in [2.24, 2.45) is 0 Å². The van der Waals surface area contributed by atoms with Gasteiger partial charge in [0, 0.05) is 56.7 Å². The number of amides is 2. The van der Waals surface area contributed by atoms with E-state index in [0.29, 0.717) is 49.8 Å². The molecule has 0 unspecified atom stereocenters. The summed E-state index contributed by atoms with van der Waals surface area (Å²) in [7, 11) is 0. The molecule has 0 radical (unpaired) electrons. The van der Waals surface area contributed by atoms with E-state index in [4.69, 9.17) is 13.9 Å². The number of rotatable bonds is 10. The fourth-order valence-corrected chi connectivity index (χ4v) is 5.54. The van der Waals surface area contributed by atoms with Gasteiger partial charge in [0.05, 0.1) is 13.1 Å². The Labute approximate surface area is 245 Å². The quantitative estimate of drug-likeness (QED) is 0.272. The van der Waals surface area contributed by atoms with Crippen LogP contribution in [0.1, 0.15) is 51.3 Å². The van der Waals surface area contributed by atoms with Crippen molar-refractivity contribution >= 4 is 11.8 Å². The molecule has 1 fully saturated rings. The number of aromatic nitrogens is 1. The van der Waals surface area contributed by atoms with Crippen LogP contribution in [-0.4, -0.2) is 70.6 Å². The van der Waals surface area contributed by atoms with Crippen LogP contribution in [0, 0.1) is 0 Å². The lowest BCUT2D eigenvalue weighted by atomic mass is 10.1. The van der Waals surface area contributed by atoms with Crippen molar-refractivity contribution in [1.82, 2.24) is 19.3 Å². The Kier molecular flexibility index (Phi) is 8.28. The van der Waals surface area contributed by atoms with Gasteiger partial charge in [0.15, 0.2) is 17.3 Å². The number of carbonyl (C=O) groups is 2. The summed E-state index contributed by atoms with van der Waals surface area (Å²) in [6.07, 6.45) is 2.85. The van der Waals surface area contributed by atoms with Crippen LogP contribution in [0.25, 0.3) is 0 Å². The zero-order valence-electron chi connectivity index (χ0n) is 23.9. The zero-order chi connectivity index (χ0) is 28.9. The van der Waals surface area contributed by atoms with Crippen LogP contribution >= 0.6 is 0 Å². The van der Waals surface area contributed by atoms with Gasteiger partial charge in [-0.2, -0.15) is 0 Å². The molecular formula is C33H36N4O5. The average Bonchev–Trinajstić information content (AvgIpc) is 3.79. The molecule has 9 heteroatoms. The molecular weight excluding hydrogens is 532 g/mol. The normalized spacial score (nSPS) is 14.7. The van der Waals surface area contributed by atoms with Crippen molar-refractivity contribution in [3.8, 4) is 11.5 Å². The summed E-state index contributed by atoms with van der Waals surface area (Å²) in [6.45, 7) is 7.66. The number of fused-ring (bicyclic) bond motifs is 1. The van der Waals surface area contributed by atoms with Gasteiger partial charge in [-0.25, -0.2) is 0 Å². The van der Waals surface area contributed by atoms with Crippen molar-refractivity contribution in [3.05, 3.63) is 107 Å². The summed E-state index contributed by atoms with van der Waals surface area (Å²) < 4.78 is 19.0. The second kappa shape index (κ2) is 12.6. The third kappa shape index (κ3) is 6.21. The second-order valence-corrected chi connectivity index (χ2v) is 10.7. The summed E-state index contributed by atoms with van der Waals surface area (Å²) in [5, 5.41) is 0. The van der Waals surface area contributed by atoms with Crippen LogP contribution in [0.5, 0.6) is 11.5 Å². The Balaban J connectivity index is 1.04. The number of hydrogen-bond donors (Lipinski definition) is 0. The van der Waals surface area contributed by atoms with Gasteiger partial charge < -0.3 is 28.3 Å². The van der Waals surface area contributed by atoms with Gasteiger partial charge >= 0.3 is 0 Å². The molecule has 9 nitrogen and oxygen atoms in total. The molecule has 42 heavy (non-hydrogen) atoms.